The molecule has 2 aliphatic rings. The summed E-state index contributed by atoms with van der Waals surface area (Å²) in [5, 5.41) is 10.4. The maximum Gasteiger partial charge on any atom is 0.410 e. The molecule has 2 unspecified atom stereocenters. The van der Waals surface area contributed by atoms with Crippen molar-refractivity contribution in [2.45, 2.75) is 51.4 Å². The van der Waals surface area contributed by atoms with Gasteiger partial charge in [-0.3, -0.25) is 0 Å². The average molecular weight is 355 g/mol. The number of hydrogen-bond acceptors (Lipinski definition) is 4. The SMILES string of the molecule is CC(C)(C)OC(=O)N1Cc2ccc(OCC3CC3(F)F)cc2C(O)C1. The van der Waals surface area contributed by atoms with E-state index in [-0.39, 0.29) is 19.6 Å². The molecule has 2 atom stereocenters. The number of alkyl halides is 2. The van der Waals surface area contributed by atoms with Gasteiger partial charge < -0.3 is 19.5 Å². The molecule has 25 heavy (non-hydrogen) atoms. The van der Waals surface area contributed by atoms with Crippen LogP contribution < -0.4 is 4.74 Å². The highest BCUT2D eigenvalue weighted by molar-refractivity contribution is 5.69. The highest BCUT2D eigenvalue weighted by atomic mass is 19.3. The normalized spacial score (nSPS) is 24.5. The molecule has 0 saturated heterocycles. The summed E-state index contributed by atoms with van der Waals surface area (Å²) in [4.78, 5) is 13.6. The Bertz CT molecular complexity index is 672. The fourth-order valence-electron chi connectivity index (χ4n) is 2.81. The van der Waals surface area contributed by atoms with Gasteiger partial charge in [-0.15, -0.1) is 0 Å². The molecule has 0 radical (unpaired) electrons. The number of halogens is 2. The van der Waals surface area contributed by atoms with E-state index in [1.807, 2.05) is 0 Å². The minimum atomic E-state index is -2.61. The van der Waals surface area contributed by atoms with Gasteiger partial charge in [0.1, 0.15) is 11.4 Å². The monoisotopic (exact) mass is 355 g/mol. The first-order valence-corrected chi connectivity index (χ1v) is 8.34. The molecule has 1 fully saturated rings. The molecule has 1 aliphatic carbocycles. The zero-order valence-electron chi connectivity index (χ0n) is 14.6. The first-order chi connectivity index (χ1) is 11.5. The van der Waals surface area contributed by atoms with Crippen LogP contribution in [0.3, 0.4) is 0 Å². The lowest BCUT2D eigenvalue weighted by molar-refractivity contribution is 0.00824. The molecule has 1 N–H and O–H groups in total. The summed E-state index contributed by atoms with van der Waals surface area (Å²) in [6, 6.07) is 5.08. The lowest BCUT2D eigenvalue weighted by Crippen LogP contribution is -2.41. The van der Waals surface area contributed by atoms with E-state index >= 15 is 0 Å². The number of aliphatic hydroxyl groups excluding tert-OH is 1. The second-order valence-electron chi connectivity index (χ2n) is 7.71. The van der Waals surface area contributed by atoms with Gasteiger partial charge in [-0.1, -0.05) is 6.07 Å². The molecule has 1 amide bonds. The summed E-state index contributed by atoms with van der Waals surface area (Å²) in [6.07, 6.45) is -1.48. The number of β-amino-alcohol motifs (C(OH)–C–C–N with tert-alkyl or cyclic N) is 1. The Balaban J connectivity index is 1.65. The molecule has 1 heterocycles. The van der Waals surface area contributed by atoms with Crippen molar-refractivity contribution in [3.8, 4) is 5.75 Å². The van der Waals surface area contributed by atoms with Crippen molar-refractivity contribution in [1.82, 2.24) is 4.90 Å². The van der Waals surface area contributed by atoms with Crippen LogP contribution in [0.2, 0.25) is 0 Å². The zero-order valence-corrected chi connectivity index (χ0v) is 14.6. The highest BCUT2D eigenvalue weighted by Crippen LogP contribution is 2.48. The van der Waals surface area contributed by atoms with Crippen LogP contribution in [0.15, 0.2) is 18.2 Å². The van der Waals surface area contributed by atoms with Crippen LogP contribution in [0.25, 0.3) is 0 Å². The predicted molar refractivity (Wildman–Crippen MR) is 86.6 cm³/mol. The maximum absolute atomic E-state index is 12.9. The molecule has 138 valence electrons. The van der Waals surface area contributed by atoms with Crippen molar-refractivity contribution in [3.05, 3.63) is 29.3 Å². The van der Waals surface area contributed by atoms with Crippen LogP contribution >= 0.6 is 0 Å². The van der Waals surface area contributed by atoms with Crippen molar-refractivity contribution in [3.63, 3.8) is 0 Å². The molecule has 1 aromatic carbocycles. The predicted octanol–water partition coefficient (Wildman–Crippen LogP) is 3.50. The number of nitrogens with zero attached hydrogens (tertiary/aromatic N) is 1. The van der Waals surface area contributed by atoms with Crippen molar-refractivity contribution < 1.29 is 28.2 Å². The number of carbonyl (C=O) groups excluding carboxylic acids is 1. The van der Waals surface area contributed by atoms with Gasteiger partial charge in [0.25, 0.3) is 5.92 Å². The lowest BCUT2D eigenvalue weighted by atomic mass is 9.97. The number of benzene rings is 1. The average Bonchev–Trinajstić information content (AvgIpc) is 3.10. The second kappa shape index (κ2) is 6.12. The van der Waals surface area contributed by atoms with E-state index in [9.17, 15) is 18.7 Å². The van der Waals surface area contributed by atoms with Crippen LogP contribution in [0.4, 0.5) is 13.6 Å². The van der Waals surface area contributed by atoms with Crippen LogP contribution in [-0.4, -0.2) is 40.8 Å². The third kappa shape index (κ3) is 4.21. The Morgan fingerprint density at radius 1 is 1.40 bits per heavy atom. The van der Waals surface area contributed by atoms with Gasteiger partial charge in [0, 0.05) is 13.0 Å². The second-order valence-corrected chi connectivity index (χ2v) is 7.71. The number of fused-ring (bicyclic) bond motifs is 1. The topological polar surface area (TPSA) is 59.0 Å². The molecular formula is C18H23F2NO4. The molecule has 1 aliphatic heterocycles. The first-order valence-electron chi connectivity index (χ1n) is 8.34. The van der Waals surface area contributed by atoms with Crippen molar-refractivity contribution in [1.29, 1.82) is 0 Å². The van der Waals surface area contributed by atoms with Crippen LogP contribution in [0.5, 0.6) is 5.75 Å². The number of amides is 1. The largest absolute Gasteiger partial charge is 0.493 e. The summed E-state index contributed by atoms with van der Waals surface area (Å²) < 4.78 is 36.6. The lowest BCUT2D eigenvalue weighted by Gasteiger charge is -2.33. The molecule has 5 nitrogen and oxygen atoms in total. The fraction of sp³-hybridized carbons (Fsp3) is 0.611. The number of hydrogen-bond donors (Lipinski definition) is 1. The molecule has 0 bridgehead atoms. The Morgan fingerprint density at radius 3 is 2.68 bits per heavy atom. The quantitative estimate of drug-likeness (QED) is 0.901. The van der Waals surface area contributed by atoms with Crippen molar-refractivity contribution in [2.24, 2.45) is 5.92 Å². The van der Waals surface area contributed by atoms with E-state index in [4.69, 9.17) is 9.47 Å². The van der Waals surface area contributed by atoms with Gasteiger partial charge >= 0.3 is 6.09 Å². The molecule has 0 aromatic heterocycles. The van der Waals surface area contributed by atoms with E-state index in [0.29, 0.717) is 17.9 Å². The number of rotatable bonds is 3. The highest BCUT2D eigenvalue weighted by Gasteiger charge is 2.57. The smallest absolute Gasteiger partial charge is 0.410 e. The Labute approximate surface area is 145 Å². The number of aliphatic hydroxyl groups is 1. The molecule has 1 aromatic rings. The minimum absolute atomic E-state index is 0.0358. The number of carbonyl (C=O) groups is 1. The third-order valence-electron chi connectivity index (χ3n) is 4.29. The van der Waals surface area contributed by atoms with Gasteiger partial charge in [0.2, 0.25) is 0 Å². The zero-order chi connectivity index (χ0) is 18.4. The molecule has 1 saturated carbocycles. The summed E-state index contributed by atoms with van der Waals surface area (Å²) in [7, 11) is 0. The van der Waals surface area contributed by atoms with E-state index < -0.39 is 29.6 Å². The Hall–Kier alpha value is -1.89. The van der Waals surface area contributed by atoms with E-state index in [1.165, 1.54) is 4.90 Å². The van der Waals surface area contributed by atoms with E-state index in [2.05, 4.69) is 0 Å². The summed E-state index contributed by atoms with van der Waals surface area (Å²) in [5.41, 5.74) is 0.832. The molecule has 0 spiro atoms. The van der Waals surface area contributed by atoms with E-state index in [0.717, 1.165) is 5.56 Å². The van der Waals surface area contributed by atoms with Gasteiger partial charge in [0.05, 0.1) is 25.2 Å². The third-order valence-corrected chi connectivity index (χ3v) is 4.29. The minimum Gasteiger partial charge on any atom is -0.493 e. The fourth-order valence-corrected chi connectivity index (χ4v) is 2.81. The van der Waals surface area contributed by atoms with Crippen LogP contribution in [0, 0.1) is 5.92 Å². The van der Waals surface area contributed by atoms with Gasteiger partial charge in [0.15, 0.2) is 0 Å². The number of ether oxygens (including phenoxy) is 2. The molecular weight excluding hydrogens is 332 g/mol. The summed E-state index contributed by atoms with van der Waals surface area (Å²) in [5.74, 6) is -2.89. The first kappa shape index (κ1) is 17.9. The van der Waals surface area contributed by atoms with Gasteiger partial charge in [-0.25, -0.2) is 13.6 Å². The van der Waals surface area contributed by atoms with Crippen LogP contribution in [0.1, 0.15) is 44.4 Å². The van der Waals surface area contributed by atoms with Crippen molar-refractivity contribution >= 4 is 6.09 Å². The van der Waals surface area contributed by atoms with Gasteiger partial charge in [-0.2, -0.15) is 0 Å². The Morgan fingerprint density at radius 2 is 2.08 bits per heavy atom. The summed E-state index contributed by atoms with van der Waals surface area (Å²) in [6.45, 7) is 5.75. The maximum atomic E-state index is 12.9. The molecule has 3 rings (SSSR count). The van der Waals surface area contributed by atoms with Crippen LogP contribution in [-0.2, 0) is 11.3 Å². The molecule has 7 heteroatoms. The standard InChI is InChI=1S/C18H23F2NO4/c1-17(2,3)25-16(23)21-8-11-4-5-13(6-14(11)15(22)9-21)24-10-12-7-18(12,19)20/h4-6,12,15,22H,7-10H2,1-3H3. The van der Waals surface area contributed by atoms with Crippen molar-refractivity contribution in [2.75, 3.05) is 13.2 Å². The summed E-state index contributed by atoms with van der Waals surface area (Å²) >= 11 is 0. The van der Waals surface area contributed by atoms with E-state index in [1.54, 1.807) is 39.0 Å². The van der Waals surface area contributed by atoms with Gasteiger partial charge in [-0.05, 0) is 44.0 Å². The Kier molecular flexibility index (Phi) is 4.39.